The van der Waals surface area contributed by atoms with Gasteiger partial charge >= 0.3 is 16.8 Å². The maximum Gasteiger partial charge on any atom is 0.423 e. The normalized spacial score (nSPS) is 21.8. The maximum atomic E-state index is 14.6. The van der Waals surface area contributed by atoms with Crippen LogP contribution < -0.4 is 0 Å². The minimum Gasteiger partial charge on any atom is -0.189 e. The molecule has 0 atom stereocenters. The molecule has 21 heavy (non-hydrogen) atoms. The van der Waals surface area contributed by atoms with Gasteiger partial charge in [-0.2, -0.15) is 22.0 Å². The van der Waals surface area contributed by atoms with Crippen molar-refractivity contribution in [1.29, 1.82) is 0 Å². The molecule has 108 valence electrons. The summed E-state index contributed by atoms with van der Waals surface area (Å²) in [4.78, 5) is 0. The molecule has 0 nitrogen and oxygen atoms in total. The molecule has 0 N–H and O–H groups in total. The van der Waals surface area contributed by atoms with Crippen LogP contribution in [0.2, 0.25) is 0 Å². The number of hydrogen-bond donors (Lipinski definition) is 0. The number of halogens is 5. The van der Waals surface area contributed by atoms with Crippen molar-refractivity contribution in [2.45, 2.75) is 16.8 Å². The van der Waals surface area contributed by atoms with Crippen molar-refractivity contribution in [1.82, 2.24) is 0 Å². The standard InChI is InChI=1S/C15H8F5S/c16-13(17)14(18,19)15(13,20)21-11-7-3-1-5-9(11)10-6-2-4-8-12(10)21/h1-8H/q+1. The molecular formula is C15H8F5S+. The summed E-state index contributed by atoms with van der Waals surface area (Å²) < 4.78 is 69.0. The second-order valence-corrected chi connectivity index (χ2v) is 7.10. The van der Waals surface area contributed by atoms with Crippen LogP contribution in [0.5, 0.6) is 0 Å². The van der Waals surface area contributed by atoms with Crippen molar-refractivity contribution in [2.75, 3.05) is 0 Å². The van der Waals surface area contributed by atoms with Gasteiger partial charge in [-0.15, -0.1) is 0 Å². The average Bonchev–Trinajstić information content (AvgIpc) is 2.77. The van der Waals surface area contributed by atoms with Gasteiger partial charge in [0.05, 0.1) is 0 Å². The Hall–Kier alpha value is -1.69. The van der Waals surface area contributed by atoms with Gasteiger partial charge in [-0.1, -0.05) is 24.3 Å². The van der Waals surface area contributed by atoms with Gasteiger partial charge in [-0.25, -0.2) is 0 Å². The molecule has 1 heterocycles. The number of benzene rings is 2. The molecule has 3 aromatic rings. The SMILES string of the molecule is FC1(F)C(F)(F)C1(F)[s+]1c2ccccc2c2ccccc21. The lowest BCUT2D eigenvalue weighted by Crippen LogP contribution is -2.03. The van der Waals surface area contributed by atoms with Crippen LogP contribution in [0.15, 0.2) is 48.5 Å². The summed E-state index contributed by atoms with van der Waals surface area (Å²) in [5.41, 5.74) is 0. The van der Waals surface area contributed by atoms with Crippen molar-refractivity contribution in [3.05, 3.63) is 48.5 Å². The van der Waals surface area contributed by atoms with Gasteiger partial charge in [0.1, 0.15) is 0 Å². The van der Waals surface area contributed by atoms with Crippen molar-refractivity contribution in [3.63, 3.8) is 0 Å². The third kappa shape index (κ3) is 1.22. The first-order valence-electron chi connectivity index (χ1n) is 6.21. The van der Waals surface area contributed by atoms with E-state index in [1.165, 1.54) is 12.1 Å². The van der Waals surface area contributed by atoms with Crippen molar-refractivity contribution in [3.8, 4) is 0 Å². The van der Waals surface area contributed by atoms with Gasteiger partial charge in [0.15, 0.2) is 9.40 Å². The smallest absolute Gasteiger partial charge is 0.189 e. The maximum absolute atomic E-state index is 14.6. The number of thiophene rings is 1. The van der Waals surface area contributed by atoms with Crippen molar-refractivity contribution < 1.29 is 22.0 Å². The van der Waals surface area contributed by atoms with Gasteiger partial charge < -0.3 is 0 Å². The van der Waals surface area contributed by atoms with Gasteiger partial charge in [0.25, 0.3) is 0 Å². The zero-order valence-electron chi connectivity index (χ0n) is 10.4. The highest BCUT2D eigenvalue weighted by molar-refractivity contribution is 7.45. The highest BCUT2D eigenvalue weighted by Crippen LogP contribution is 2.80. The number of rotatable bonds is 1. The van der Waals surface area contributed by atoms with E-state index in [9.17, 15) is 22.0 Å². The molecule has 2 aromatic carbocycles. The first-order valence-corrected chi connectivity index (χ1v) is 7.44. The molecule has 0 bridgehead atoms. The molecule has 1 saturated carbocycles. The predicted octanol–water partition coefficient (Wildman–Crippen LogP) is 5.65. The average molecular weight is 315 g/mol. The number of alkyl halides is 5. The summed E-state index contributed by atoms with van der Waals surface area (Å²) >= 11 is 0. The Balaban J connectivity index is 2.19. The molecule has 6 heteroatoms. The fraction of sp³-hybridized carbons (Fsp3) is 0.200. The zero-order valence-corrected chi connectivity index (χ0v) is 11.2. The Morgan fingerprint density at radius 1 is 0.619 bits per heavy atom. The summed E-state index contributed by atoms with van der Waals surface area (Å²) in [5, 5.41) is -2.73. The molecule has 0 saturated heterocycles. The molecule has 1 aromatic heterocycles. The van der Waals surface area contributed by atoms with E-state index >= 15 is 0 Å². The number of fused-ring (bicyclic) bond motifs is 3. The second kappa shape index (κ2) is 3.55. The van der Waals surface area contributed by atoms with Crippen LogP contribution in [0.3, 0.4) is 0 Å². The van der Waals surface area contributed by atoms with E-state index < -0.39 is 27.3 Å². The predicted molar refractivity (Wildman–Crippen MR) is 72.9 cm³/mol. The summed E-state index contributed by atoms with van der Waals surface area (Å²) in [7, 11) is -1.99. The summed E-state index contributed by atoms with van der Waals surface area (Å²) in [6.07, 6.45) is 0. The molecule has 0 aliphatic heterocycles. The lowest BCUT2D eigenvalue weighted by molar-refractivity contribution is -0.0278. The Bertz CT molecular complexity index is 813. The van der Waals surface area contributed by atoms with Gasteiger partial charge in [0, 0.05) is 21.2 Å². The van der Waals surface area contributed by atoms with Crippen LogP contribution >= 0.6 is 10.5 Å². The first-order chi connectivity index (χ1) is 9.84. The molecule has 1 aliphatic rings. The van der Waals surface area contributed by atoms with Gasteiger partial charge in [-0.05, 0) is 24.3 Å². The summed E-state index contributed by atoms with van der Waals surface area (Å²) in [6.45, 7) is 0. The van der Waals surface area contributed by atoms with Crippen molar-refractivity contribution in [2.24, 2.45) is 0 Å². The van der Waals surface area contributed by atoms with E-state index in [2.05, 4.69) is 0 Å². The molecule has 0 radical (unpaired) electrons. The monoisotopic (exact) mass is 315 g/mol. The van der Waals surface area contributed by atoms with Crippen LogP contribution in [0.1, 0.15) is 0 Å². The topological polar surface area (TPSA) is 0 Å². The van der Waals surface area contributed by atoms with Crippen LogP contribution in [-0.2, 0) is 5.00 Å². The van der Waals surface area contributed by atoms with E-state index in [4.69, 9.17) is 0 Å². The largest absolute Gasteiger partial charge is 0.423 e. The molecule has 4 rings (SSSR count). The van der Waals surface area contributed by atoms with E-state index in [0.717, 1.165) is 0 Å². The Labute approximate surface area is 118 Å². The molecule has 1 fully saturated rings. The first kappa shape index (κ1) is 13.0. The van der Waals surface area contributed by atoms with E-state index in [1.807, 2.05) is 0 Å². The Morgan fingerprint density at radius 2 is 1.00 bits per heavy atom. The lowest BCUT2D eigenvalue weighted by Gasteiger charge is -1.97. The quantitative estimate of drug-likeness (QED) is 0.402. The molecule has 0 unspecified atom stereocenters. The fourth-order valence-corrected chi connectivity index (χ4v) is 5.56. The van der Waals surface area contributed by atoms with E-state index in [1.54, 1.807) is 36.4 Å². The summed E-state index contributed by atoms with van der Waals surface area (Å²) in [5.74, 6) is -9.26. The minimum absolute atomic E-state index is 0.220. The third-order valence-electron chi connectivity index (χ3n) is 3.92. The highest BCUT2D eigenvalue weighted by atomic mass is 32.2. The second-order valence-electron chi connectivity index (χ2n) is 5.04. The number of hydrogen-bond acceptors (Lipinski definition) is 0. The van der Waals surface area contributed by atoms with E-state index in [0.29, 0.717) is 10.8 Å². The van der Waals surface area contributed by atoms with Crippen LogP contribution in [-0.4, -0.2) is 11.8 Å². The molecular weight excluding hydrogens is 307 g/mol. The van der Waals surface area contributed by atoms with Crippen LogP contribution in [0.25, 0.3) is 20.2 Å². The fourth-order valence-electron chi connectivity index (χ4n) is 2.78. The van der Waals surface area contributed by atoms with Crippen LogP contribution in [0, 0.1) is 0 Å². The van der Waals surface area contributed by atoms with E-state index in [-0.39, 0.29) is 9.40 Å². The lowest BCUT2D eigenvalue weighted by atomic mass is 10.2. The Morgan fingerprint density at radius 3 is 1.38 bits per heavy atom. The van der Waals surface area contributed by atoms with Crippen LogP contribution in [0.4, 0.5) is 22.0 Å². The third-order valence-corrected chi connectivity index (χ3v) is 6.59. The van der Waals surface area contributed by atoms with Gasteiger partial charge in [0.2, 0.25) is 0 Å². The highest BCUT2D eigenvalue weighted by Gasteiger charge is 3.07. The zero-order chi connectivity index (χ0) is 15.0. The minimum atomic E-state index is -4.63. The summed E-state index contributed by atoms with van der Waals surface area (Å²) in [6, 6.07) is 12.6. The van der Waals surface area contributed by atoms with Gasteiger partial charge in [-0.3, -0.25) is 0 Å². The molecule has 1 aliphatic carbocycles. The van der Waals surface area contributed by atoms with Crippen molar-refractivity contribution >= 4 is 30.6 Å². The Kier molecular flexibility index (Phi) is 2.20. The molecule has 0 spiro atoms. The molecule has 0 amide bonds.